The van der Waals surface area contributed by atoms with E-state index in [-0.39, 0.29) is 11.6 Å². The summed E-state index contributed by atoms with van der Waals surface area (Å²) in [6, 6.07) is 5.74. The first-order chi connectivity index (χ1) is 14.2. The summed E-state index contributed by atoms with van der Waals surface area (Å²) >= 11 is 0. The number of anilines is 2. The molecule has 8 heteroatoms. The first-order valence-electron chi connectivity index (χ1n) is 9.87. The molecule has 2 fully saturated rings. The van der Waals surface area contributed by atoms with E-state index in [9.17, 15) is 9.90 Å². The predicted octanol–water partition coefficient (Wildman–Crippen LogP) is 3.11. The fourth-order valence-electron chi connectivity index (χ4n) is 3.65. The van der Waals surface area contributed by atoms with Gasteiger partial charge in [-0.05, 0) is 43.2 Å². The smallest absolute Gasteiger partial charge is 0.360 e. The number of nitrogens with one attached hydrogen (secondary N) is 1. The van der Waals surface area contributed by atoms with Crippen molar-refractivity contribution in [1.29, 1.82) is 0 Å². The molecule has 0 atom stereocenters. The minimum Gasteiger partial charge on any atom is -0.465 e. The Kier molecular flexibility index (Phi) is 5.92. The number of methoxy groups -OCH3 is 1. The van der Waals surface area contributed by atoms with Gasteiger partial charge in [-0.25, -0.2) is 14.8 Å². The van der Waals surface area contributed by atoms with Gasteiger partial charge in [0.05, 0.1) is 24.7 Å². The van der Waals surface area contributed by atoms with Crippen LogP contribution in [0.25, 0.3) is 0 Å². The van der Waals surface area contributed by atoms with Crippen molar-refractivity contribution in [3.8, 4) is 5.75 Å². The van der Waals surface area contributed by atoms with Crippen molar-refractivity contribution in [3.05, 3.63) is 41.3 Å². The van der Waals surface area contributed by atoms with Crippen LogP contribution in [0, 0.1) is 0 Å². The third kappa shape index (κ3) is 4.33. The van der Waals surface area contributed by atoms with E-state index < -0.39 is 12.8 Å². The Bertz CT molecular complexity index is 879. The molecule has 1 aliphatic carbocycles. The monoisotopic (exact) mass is 399 g/mol. The first-order valence-corrected chi connectivity index (χ1v) is 9.87. The lowest BCUT2D eigenvalue weighted by Crippen LogP contribution is -2.16. The number of aliphatic hydroxyl groups excluding tert-OH is 1. The summed E-state index contributed by atoms with van der Waals surface area (Å²) in [7, 11) is 1.32. The molecule has 2 aromatic rings. The lowest BCUT2D eigenvalue weighted by molar-refractivity contribution is 0.0594. The van der Waals surface area contributed by atoms with E-state index in [0.29, 0.717) is 36.4 Å². The molecule has 0 radical (unpaired) electrons. The summed E-state index contributed by atoms with van der Waals surface area (Å²) in [6.45, 7) is 0.939. The molecule has 1 aliphatic heterocycles. The van der Waals surface area contributed by atoms with Crippen molar-refractivity contribution in [1.82, 2.24) is 9.97 Å². The molecule has 2 aliphatic rings. The number of para-hydroxylation sites is 1. The van der Waals surface area contributed by atoms with Gasteiger partial charge in [0.1, 0.15) is 5.75 Å². The number of ether oxygens (including phenoxy) is 3. The van der Waals surface area contributed by atoms with Gasteiger partial charge in [-0.1, -0.05) is 12.1 Å². The van der Waals surface area contributed by atoms with E-state index in [0.717, 1.165) is 36.9 Å². The highest BCUT2D eigenvalue weighted by Crippen LogP contribution is 2.41. The van der Waals surface area contributed by atoms with Crippen molar-refractivity contribution >= 4 is 17.5 Å². The lowest BCUT2D eigenvalue weighted by atomic mass is 9.90. The molecule has 1 aromatic heterocycles. The van der Waals surface area contributed by atoms with Crippen LogP contribution in [0.2, 0.25) is 0 Å². The Hall–Kier alpha value is -2.71. The molecular formula is C21H25N3O5. The largest absolute Gasteiger partial charge is 0.465 e. The zero-order chi connectivity index (χ0) is 20.2. The molecule has 29 heavy (non-hydrogen) atoms. The van der Waals surface area contributed by atoms with Crippen LogP contribution in [0.5, 0.6) is 5.75 Å². The van der Waals surface area contributed by atoms with Gasteiger partial charge in [-0.3, -0.25) is 0 Å². The van der Waals surface area contributed by atoms with E-state index in [1.807, 2.05) is 18.2 Å². The average molecular weight is 399 g/mol. The van der Waals surface area contributed by atoms with Crippen LogP contribution >= 0.6 is 0 Å². The molecular weight excluding hydrogens is 374 g/mol. The van der Waals surface area contributed by atoms with Gasteiger partial charge < -0.3 is 24.6 Å². The number of carbonyl (C=O) groups is 1. The number of hydrogen-bond acceptors (Lipinski definition) is 8. The van der Waals surface area contributed by atoms with Crippen LogP contribution in [-0.4, -0.2) is 48.2 Å². The summed E-state index contributed by atoms with van der Waals surface area (Å²) in [5.74, 6) is 0.937. The zero-order valence-corrected chi connectivity index (χ0v) is 16.4. The van der Waals surface area contributed by atoms with Crippen LogP contribution in [0.3, 0.4) is 0 Å². The molecule has 0 spiro atoms. The third-order valence-electron chi connectivity index (χ3n) is 5.33. The van der Waals surface area contributed by atoms with Crippen LogP contribution in [0.1, 0.15) is 59.3 Å². The van der Waals surface area contributed by atoms with E-state index in [2.05, 4.69) is 15.3 Å². The second kappa shape index (κ2) is 8.75. The molecule has 2 heterocycles. The highest BCUT2D eigenvalue weighted by atomic mass is 16.6. The summed E-state index contributed by atoms with van der Waals surface area (Å²) in [4.78, 5) is 21.2. The number of hydrogen-bond donors (Lipinski definition) is 2. The second-order valence-corrected chi connectivity index (χ2v) is 7.27. The van der Waals surface area contributed by atoms with Crippen LogP contribution in [0.15, 0.2) is 24.4 Å². The Labute approximate surface area is 169 Å². The molecule has 1 saturated heterocycles. The van der Waals surface area contributed by atoms with Gasteiger partial charge in [0, 0.05) is 19.1 Å². The molecule has 1 saturated carbocycles. The minimum absolute atomic E-state index is 0.142. The number of carbonyl (C=O) groups excluding carboxylic acids is 1. The quantitative estimate of drug-likeness (QED) is 0.541. The average Bonchev–Trinajstić information content (AvgIpc) is 3.61. The highest BCUT2D eigenvalue weighted by Gasteiger charge is 2.28. The van der Waals surface area contributed by atoms with Gasteiger partial charge in [0.15, 0.2) is 18.3 Å². The Morgan fingerprint density at radius 2 is 2.03 bits per heavy atom. The summed E-state index contributed by atoms with van der Waals surface area (Å²) in [5.41, 5.74) is 2.55. The maximum Gasteiger partial charge on any atom is 0.360 e. The molecule has 0 amide bonds. The van der Waals surface area contributed by atoms with Crippen LogP contribution in [-0.2, 0) is 9.47 Å². The van der Waals surface area contributed by atoms with Crippen molar-refractivity contribution < 1.29 is 24.1 Å². The minimum atomic E-state index is -0.548. The number of benzene rings is 1. The standard InChI is InChI=1S/C21H25N3O5/c1-27-21(26)18-20(22-11-17(23-18)14-5-6-14)24-16-4-2-3-15(19(16)29-12-25)13-7-9-28-10-8-13/h2-4,11,13-14,25H,5-10,12H2,1H3,(H,22,24). The van der Waals surface area contributed by atoms with Crippen molar-refractivity contribution in [2.75, 3.05) is 32.4 Å². The second-order valence-electron chi connectivity index (χ2n) is 7.27. The molecule has 0 unspecified atom stereocenters. The molecule has 1 aromatic carbocycles. The van der Waals surface area contributed by atoms with E-state index in [4.69, 9.17) is 14.2 Å². The molecule has 2 N–H and O–H groups in total. The normalized spacial score (nSPS) is 17.0. The Balaban J connectivity index is 1.69. The van der Waals surface area contributed by atoms with Crippen molar-refractivity contribution in [2.45, 2.75) is 37.5 Å². The summed E-state index contributed by atoms with van der Waals surface area (Å²) in [5, 5.41) is 12.6. The summed E-state index contributed by atoms with van der Waals surface area (Å²) in [6.07, 6.45) is 5.58. The predicted molar refractivity (Wildman–Crippen MR) is 106 cm³/mol. The van der Waals surface area contributed by atoms with Gasteiger partial charge >= 0.3 is 5.97 Å². The first kappa shape index (κ1) is 19.6. The Morgan fingerprint density at radius 3 is 2.72 bits per heavy atom. The molecule has 154 valence electrons. The maximum atomic E-state index is 12.3. The lowest BCUT2D eigenvalue weighted by Gasteiger charge is -2.25. The molecule has 4 rings (SSSR count). The number of esters is 1. The SMILES string of the molecule is COC(=O)c1nc(C2CC2)cnc1Nc1cccc(C2CCOCC2)c1OCO. The molecule has 0 bridgehead atoms. The van der Waals surface area contributed by atoms with Crippen molar-refractivity contribution in [3.63, 3.8) is 0 Å². The fourth-order valence-corrected chi connectivity index (χ4v) is 3.65. The van der Waals surface area contributed by atoms with Crippen LogP contribution < -0.4 is 10.1 Å². The number of rotatable bonds is 7. The van der Waals surface area contributed by atoms with E-state index in [1.165, 1.54) is 7.11 Å². The number of aromatic nitrogens is 2. The highest BCUT2D eigenvalue weighted by molar-refractivity contribution is 5.93. The fraction of sp³-hybridized carbons (Fsp3) is 0.476. The van der Waals surface area contributed by atoms with Gasteiger partial charge in [0.25, 0.3) is 0 Å². The zero-order valence-electron chi connectivity index (χ0n) is 16.4. The van der Waals surface area contributed by atoms with Gasteiger partial charge in [-0.2, -0.15) is 0 Å². The van der Waals surface area contributed by atoms with Gasteiger partial charge in [-0.15, -0.1) is 0 Å². The van der Waals surface area contributed by atoms with Gasteiger partial charge in [0.2, 0.25) is 0 Å². The van der Waals surface area contributed by atoms with E-state index in [1.54, 1.807) is 6.20 Å². The maximum absolute atomic E-state index is 12.3. The van der Waals surface area contributed by atoms with Crippen LogP contribution in [0.4, 0.5) is 11.5 Å². The number of nitrogens with zero attached hydrogens (tertiary/aromatic N) is 2. The number of aliphatic hydroxyl groups is 1. The Morgan fingerprint density at radius 1 is 1.24 bits per heavy atom. The van der Waals surface area contributed by atoms with E-state index >= 15 is 0 Å². The topological polar surface area (TPSA) is 103 Å². The molecule has 8 nitrogen and oxygen atoms in total. The third-order valence-corrected chi connectivity index (χ3v) is 5.33. The summed E-state index contributed by atoms with van der Waals surface area (Å²) < 4.78 is 15.9. The van der Waals surface area contributed by atoms with Crippen molar-refractivity contribution in [2.24, 2.45) is 0 Å².